The standard InChI is InChI=1S/C23H30N4O2.C19H21N3O3.CH4.5HI.2V/c1-2-3-14-29-23-25-20-18(10-11-19(20)22(24)26-23)21(28)17-8-6-16(7-9-17)15-27-12-4-5-13-27;1-2-3-10-25-19-21-16-14(8-9-15(16)18(20)22-19)17(24)13-6-4-12(11-23)5-7-13;;;;;;;;/h6-10,21,28H,2-5,11-15H2,1H3,(H2,24,25,26);4-8,11,17,24H,2-3,9-10H2,1H3,(H2,20,21,22);1H4;5*1H;;/q;;;;;;;;+2;+3/p-5. The predicted molar refractivity (Wildman–Crippen MR) is 287 cm³/mol. The summed E-state index contributed by atoms with van der Waals surface area (Å²) in [6, 6.07) is 15.6. The molecule has 2 atom stereocenters. The van der Waals surface area contributed by atoms with Crippen molar-refractivity contribution in [2.24, 2.45) is 0 Å². The fourth-order valence-corrected chi connectivity index (χ4v) is 6.80. The molecule has 1 aliphatic heterocycles. The van der Waals surface area contributed by atoms with Gasteiger partial charge in [-0.25, -0.2) is 0 Å². The number of nitrogens with two attached hydrogens (primary N) is 2. The molecule has 7 rings (SSSR count). The molecule has 12 nitrogen and oxygen atoms in total. The van der Waals surface area contributed by atoms with E-state index in [4.69, 9.17) is 20.9 Å². The number of likely N-dealkylation sites (tertiary alicyclic amines) is 1. The third-order valence-electron chi connectivity index (χ3n) is 9.97. The molecule has 1 saturated heterocycles. The number of nitrogens with zero attached hydrogens (tertiary/aromatic N) is 5. The molecular weight excluding hydrogens is 1430 g/mol. The van der Waals surface area contributed by atoms with Gasteiger partial charge in [-0.15, -0.1) is 0 Å². The van der Waals surface area contributed by atoms with E-state index in [0.29, 0.717) is 75.2 Å². The molecule has 2 unspecified atom stereocenters. The maximum atomic E-state index is 11.0. The summed E-state index contributed by atoms with van der Waals surface area (Å²) in [5, 5.41) is 21.7. The molecule has 0 spiro atoms. The number of aromatic nitrogens is 4. The van der Waals surface area contributed by atoms with Gasteiger partial charge in [0.25, 0.3) is 0 Å². The van der Waals surface area contributed by atoms with E-state index in [0.717, 1.165) is 60.8 Å². The van der Waals surface area contributed by atoms with Gasteiger partial charge in [0.05, 0.1) is 24.6 Å². The van der Waals surface area contributed by atoms with Gasteiger partial charge in [-0.3, -0.25) is 9.69 Å². The number of allylic oxidation sites excluding steroid dienone is 2. The second kappa shape index (κ2) is 30.1. The molecule has 6 N–H and O–H groups in total. The average molecular weight is 1490 g/mol. The molecule has 337 valence electrons. The van der Waals surface area contributed by atoms with E-state index in [2.05, 4.69) is 151 Å². The monoisotopic (exact) mass is 1490 g/mol. The summed E-state index contributed by atoms with van der Waals surface area (Å²) in [6.45, 7) is 8.61. The predicted octanol–water partition coefficient (Wildman–Crippen LogP) is 11.3. The number of ether oxygens (including phenoxy) is 2. The molecule has 4 aromatic rings. The molecule has 3 aliphatic rings. The minimum atomic E-state index is -0.847. The van der Waals surface area contributed by atoms with Gasteiger partial charge in [0, 0.05) is 34.4 Å². The van der Waals surface area contributed by atoms with Crippen molar-refractivity contribution in [2.45, 2.75) is 91.4 Å². The zero-order chi connectivity index (χ0) is 44.3. The second-order valence-electron chi connectivity index (χ2n) is 14.1. The minimum absolute atomic E-state index is 0. The number of rotatable bonds is 15. The van der Waals surface area contributed by atoms with Crippen LogP contribution in [0, 0.1) is 0 Å². The van der Waals surface area contributed by atoms with Crippen molar-refractivity contribution in [1.82, 2.24) is 24.8 Å². The Morgan fingerprint density at radius 3 is 1.55 bits per heavy atom. The van der Waals surface area contributed by atoms with Gasteiger partial charge in [0.2, 0.25) is 0 Å². The fourth-order valence-electron chi connectivity index (χ4n) is 6.80. The third kappa shape index (κ3) is 17.4. The number of halogens is 5. The Morgan fingerprint density at radius 2 is 1.16 bits per heavy atom. The normalized spacial score (nSPS) is 14.5. The van der Waals surface area contributed by atoms with Crippen LogP contribution in [0.2, 0.25) is 0 Å². The number of anilines is 2. The summed E-state index contributed by atoms with van der Waals surface area (Å²) in [5.74, 6) is 0.812. The van der Waals surface area contributed by atoms with Crippen LogP contribution in [-0.4, -0.2) is 67.6 Å². The SMILES string of the molecule is C.CCCCOc1nc(N)c2c(n1)C(C(O)c1ccc(C=O)cc1)=CC2.CCCCOc1nc(N)c2c(n1)C(C(O)c1ccc(CN3CCCC3)cc1)=CC2.[I][V]([I])[I].[I][V][I]. The number of carbonyl (C=O) groups is 1. The van der Waals surface area contributed by atoms with Crippen LogP contribution in [0.4, 0.5) is 11.6 Å². The first-order valence-electron chi connectivity index (χ1n) is 19.9. The molecule has 2 aliphatic carbocycles. The van der Waals surface area contributed by atoms with Crippen molar-refractivity contribution in [2.75, 3.05) is 37.8 Å². The van der Waals surface area contributed by atoms with E-state index in [1.54, 1.807) is 24.3 Å². The van der Waals surface area contributed by atoms with Crippen molar-refractivity contribution in [3.05, 3.63) is 105 Å². The molecule has 0 amide bonds. The van der Waals surface area contributed by atoms with Crippen molar-refractivity contribution >= 4 is 129 Å². The number of fused-ring (bicyclic) bond motifs is 2. The molecule has 2 aromatic heterocycles. The van der Waals surface area contributed by atoms with Gasteiger partial charge in [-0.05, 0) is 68.3 Å². The zero-order valence-electron chi connectivity index (χ0n) is 34.0. The first-order valence-corrected chi connectivity index (χ1v) is 42.4. The Morgan fingerprint density at radius 1 is 0.758 bits per heavy atom. The van der Waals surface area contributed by atoms with E-state index in [9.17, 15) is 15.0 Å². The Kier molecular flexibility index (Phi) is 27.2. The summed E-state index contributed by atoms with van der Waals surface area (Å²) >= 11 is 12.1. The molecule has 1 fully saturated rings. The Balaban J connectivity index is 0.000000286. The quantitative estimate of drug-likeness (QED) is 0.0503. The third-order valence-corrected chi connectivity index (χ3v) is 9.97. The van der Waals surface area contributed by atoms with Crippen LogP contribution < -0.4 is 20.9 Å². The number of nitrogen functional groups attached to an aromatic ring is 2. The molecule has 0 saturated carbocycles. The molecule has 62 heavy (non-hydrogen) atoms. The number of unbranched alkanes of at least 4 members (excludes halogenated alkanes) is 2. The molecule has 2 aromatic carbocycles. The van der Waals surface area contributed by atoms with Crippen molar-refractivity contribution in [3.63, 3.8) is 0 Å². The Hall–Kier alpha value is -0.351. The van der Waals surface area contributed by atoms with Gasteiger partial charge >= 0.3 is 126 Å². The van der Waals surface area contributed by atoms with Crippen LogP contribution in [0.3, 0.4) is 0 Å². The number of aldehydes is 1. The van der Waals surface area contributed by atoms with Gasteiger partial charge in [-0.2, -0.15) is 19.9 Å². The van der Waals surface area contributed by atoms with Gasteiger partial charge < -0.3 is 31.2 Å². The van der Waals surface area contributed by atoms with Crippen LogP contribution in [0.15, 0.2) is 60.7 Å². The summed E-state index contributed by atoms with van der Waals surface area (Å²) in [7, 11) is 0.628. The van der Waals surface area contributed by atoms with E-state index in [-0.39, 0.29) is 24.4 Å². The number of hydrogen-bond acceptors (Lipinski definition) is 12. The number of aliphatic hydroxyl groups is 2. The second-order valence-corrected chi connectivity index (χ2v) is 61.3. The van der Waals surface area contributed by atoms with Crippen LogP contribution in [0.1, 0.15) is 122 Å². The summed E-state index contributed by atoms with van der Waals surface area (Å²) in [5.41, 5.74) is 20.0. The molecule has 19 heteroatoms. The first kappa shape index (κ1) is 56.0. The first-order chi connectivity index (χ1) is 29.4. The van der Waals surface area contributed by atoms with Gasteiger partial charge in [0.1, 0.15) is 30.1 Å². The van der Waals surface area contributed by atoms with Gasteiger partial charge in [0.15, 0.2) is 0 Å². The van der Waals surface area contributed by atoms with Crippen LogP contribution >= 0.6 is 99.9 Å². The van der Waals surface area contributed by atoms with E-state index < -0.39 is 12.2 Å². The number of aliphatic hydroxyl groups excluding tert-OH is 2. The van der Waals surface area contributed by atoms with Crippen molar-refractivity contribution in [3.8, 4) is 12.0 Å². The van der Waals surface area contributed by atoms with Crippen LogP contribution in [0.5, 0.6) is 12.0 Å². The van der Waals surface area contributed by atoms with E-state index >= 15 is 0 Å². The summed E-state index contributed by atoms with van der Waals surface area (Å²) in [4.78, 5) is 30.4. The van der Waals surface area contributed by atoms with Crippen LogP contribution in [0.25, 0.3) is 11.1 Å². The van der Waals surface area contributed by atoms with Gasteiger partial charge in [-0.1, -0.05) is 94.8 Å². The van der Waals surface area contributed by atoms with Crippen molar-refractivity contribution in [1.29, 1.82) is 0 Å². The van der Waals surface area contributed by atoms with Crippen molar-refractivity contribution < 1.29 is 38.9 Å². The number of hydrogen-bond donors (Lipinski definition) is 4. The topological polar surface area (TPSA) is 183 Å². The number of benzene rings is 2. The fraction of sp³-hybridized carbons (Fsp3) is 0.419. The summed E-state index contributed by atoms with van der Waals surface area (Å²) in [6.07, 6.45) is 10.8. The maximum absolute atomic E-state index is 11.0. The Bertz CT molecular complexity index is 2060. The number of carbonyl (C=O) groups excluding carboxylic acids is 1. The zero-order valence-corrected chi connectivity index (χ0v) is 47.6. The Labute approximate surface area is 433 Å². The summed E-state index contributed by atoms with van der Waals surface area (Å²) < 4.78 is 11.2. The average Bonchev–Trinajstić information content (AvgIpc) is 4.03. The molecule has 0 radical (unpaired) electrons. The molecule has 0 bridgehead atoms. The van der Waals surface area contributed by atoms with E-state index in [1.807, 2.05) is 24.3 Å². The molecular formula is C43H55I5N7O5V2. The van der Waals surface area contributed by atoms with Crippen LogP contribution in [-0.2, 0) is 33.8 Å². The molecule has 3 heterocycles. The van der Waals surface area contributed by atoms with E-state index in [1.165, 1.54) is 31.5 Å².